The van der Waals surface area contributed by atoms with Crippen LogP contribution in [0.4, 0.5) is 10.1 Å². The van der Waals surface area contributed by atoms with Crippen LogP contribution >= 0.6 is 0 Å². The van der Waals surface area contributed by atoms with Crippen molar-refractivity contribution in [1.29, 1.82) is 5.26 Å². The molecule has 2 saturated carbocycles. The molecule has 3 heteroatoms. The topological polar surface area (TPSA) is 35.8 Å². The first-order valence-corrected chi connectivity index (χ1v) is 7.16. The molecule has 0 amide bonds. The summed E-state index contributed by atoms with van der Waals surface area (Å²) in [6.45, 7) is 0. The molecule has 0 spiro atoms. The standard InChI is InChI=1S/C16H19FN2/c17-14-5-1-2-6-15(14)19-16(11-18)9-3-4-13(10-16)12-7-8-12/h1-2,5-6,12-13,19H,3-4,7-10H2. The lowest BCUT2D eigenvalue weighted by Crippen LogP contribution is -2.42. The third-order valence-electron chi connectivity index (χ3n) is 4.54. The number of hydrogen-bond donors (Lipinski definition) is 1. The summed E-state index contributed by atoms with van der Waals surface area (Å²) in [5.74, 6) is 1.19. The van der Waals surface area contributed by atoms with E-state index in [-0.39, 0.29) is 5.82 Å². The number of anilines is 1. The molecule has 2 unspecified atom stereocenters. The van der Waals surface area contributed by atoms with Crippen molar-refractivity contribution < 1.29 is 4.39 Å². The molecule has 0 bridgehead atoms. The van der Waals surface area contributed by atoms with Crippen molar-refractivity contribution in [2.24, 2.45) is 11.8 Å². The lowest BCUT2D eigenvalue weighted by atomic mass is 9.74. The Labute approximate surface area is 113 Å². The number of halogens is 1. The molecule has 1 aromatic rings. The van der Waals surface area contributed by atoms with Gasteiger partial charge < -0.3 is 5.32 Å². The van der Waals surface area contributed by atoms with Crippen LogP contribution < -0.4 is 5.32 Å². The van der Waals surface area contributed by atoms with Crippen LogP contribution in [0.2, 0.25) is 0 Å². The minimum absolute atomic E-state index is 0.273. The Morgan fingerprint density at radius 2 is 2.00 bits per heavy atom. The highest BCUT2D eigenvalue weighted by atomic mass is 19.1. The SMILES string of the molecule is N#CC1(Nc2ccccc2F)CCCC(C2CC2)C1. The Morgan fingerprint density at radius 1 is 1.21 bits per heavy atom. The first-order chi connectivity index (χ1) is 9.22. The Kier molecular flexibility index (Phi) is 3.18. The molecule has 3 rings (SSSR count). The van der Waals surface area contributed by atoms with Gasteiger partial charge in [-0.25, -0.2) is 4.39 Å². The summed E-state index contributed by atoms with van der Waals surface area (Å²) >= 11 is 0. The molecule has 2 nitrogen and oxygen atoms in total. The Balaban J connectivity index is 1.79. The molecular weight excluding hydrogens is 239 g/mol. The van der Waals surface area contributed by atoms with Gasteiger partial charge in [-0.1, -0.05) is 12.1 Å². The van der Waals surface area contributed by atoms with Gasteiger partial charge in [-0.05, 0) is 62.5 Å². The van der Waals surface area contributed by atoms with E-state index in [1.807, 2.05) is 0 Å². The fraction of sp³-hybridized carbons (Fsp3) is 0.562. The highest BCUT2D eigenvalue weighted by Gasteiger charge is 2.42. The molecule has 0 aliphatic heterocycles. The average Bonchev–Trinajstić information content (AvgIpc) is 3.26. The van der Waals surface area contributed by atoms with E-state index in [0.717, 1.165) is 25.2 Å². The van der Waals surface area contributed by atoms with E-state index in [2.05, 4.69) is 11.4 Å². The van der Waals surface area contributed by atoms with Crippen LogP contribution in [0.5, 0.6) is 0 Å². The van der Waals surface area contributed by atoms with E-state index in [1.54, 1.807) is 18.2 Å². The fourth-order valence-corrected chi connectivity index (χ4v) is 3.35. The number of hydrogen-bond acceptors (Lipinski definition) is 2. The maximum Gasteiger partial charge on any atom is 0.146 e. The maximum absolute atomic E-state index is 13.7. The summed E-state index contributed by atoms with van der Waals surface area (Å²) in [5.41, 5.74) is -0.117. The number of nitrogens with one attached hydrogen (secondary N) is 1. The van der Waals surface area contributed by atoms with Crippen LogP contribution in [0, 0.1) is 29.0 Å². The molecular formula is C16H19FN2. The quantitative estimate of drug-likeness (QED) is 0.886. The number of nitrogens with zero attached hydrogens (tertiary/aromatic N) is 1. The first-order valence-electron chi connectivity index (χ1n) is 7.16. The van der Waals surface area contributed by atoms with Crippen LogP contribution in [0.25, 0.3) is 0 Å². The van der Waals surface area contributed by atoms with Gasteiger partial charge in [0.15, 0.2) is 0 Å². The monoisotopic (exact) mass is 258 g/mol. The third-order valence-corrected chi connectivity index (χ3v) is 4.54. The van der Waals surface area contributed by atoms with Crippen LogP contribution in [0.15, 0.2) is 24.3 Å². The number of benzene rings is 1. The van der Waals surface area contributed by atoms with Crippen molar-refractivity contribution >= 4 is 5.69 Å². The third kappa shape index (κ3) is 2.58. The Hall–Kier alpha value is -1.56. The number of para-hydroxylation sites is 1. The Morgan fingerprint density at radius 3 is 2.68 bits per heavy atom. The molecule has 2 aliphatic rings. The predicted octanol–water partition coefficient (Wildman–Crippen LogP) is 4.10. The van der Waals surface area contributed by atoms with Gasteiger partial charge in [-0.3, -0.25) is 0 Å². The lowest BCUT2D eigenvalue weighted by Gasteiger charge is -2.37. The van der Waals surface area contributed by atoms with Gasteiger partial charge in [-0.2, -0.15) is 5.26 Å². The molecule has 1 aromatic carbocycles. The fourth-order valence-electron chi connectivity index (χ4n) is 3.35. The van der Waals surface area contributed by atoms with Crippen LogP contribution in [0.1, 0.15) is 38.5 Å². The number of rotatable bonds is 3. The van der Waals surface area contributed by atoms with Gasteiger partial charge in [0.25, 0.3) is 0 Å². The van der Waals surface area contributed by atoms with Crippen LogP contribution in [-0.2, 0) is 0 Å². The molecule has 2 aliphatic carbocycles. The van der Waals surface area contributed by atoms with E-state index < -0.39 is 5.54 Å². The molecule has 100 valence electrons. The van der Waals surface area contributed by atoms with Gasteiger partial charge in [0.2, 0.25) is 0 Å². The predicted molar refractivity (Wildman–Crippen MR) is 73.0 cm³/mol. The van der Waals surface area contributed by atoms with Crippen LogP contribution in [0.3, 0.4) is 0 Å². The summed E-state index contributed by atoms with van der Waals surface area (Å²) in [6.07, 6.45) is 6.60. The molecule has 2 atom stereocenters. The van der Waals surface area contributed by atoms with E-state index in [1.165, 1.54) is 25.3 Å². The number of nitriles is 1. The molecule has 0 heterocycles. The second-order valence-electron chi connectivity index (χ2n) is 5.99. The van der Waals surface area contributed by atoms with Crippen LogP contribution in [-0.4, -0.2) is 5.54 Å². The van der Waals surface area contributed by atoms with E-state index >= 15 is 0 Å². The highest BCUT2D eigenvalue weighted by molar-refractivity contribution is 5.49. The summed E-state index contributed by atoms with van der Waals surface area (Å²) in [5, 5.41) is 12.8. The summed E-state index contributed by atoms with van der Waals surface area (Å²) in [4.78, 5) is 0. The molecule has 2 fully saturated rings. The average molecular weight is 258 g/mol. The van der Waals surface area contributed by atoms with E-state index in [9.17, 15) is 9.65 Å². The van der Waals surface area contributed by atoms with Crippen molar-refractivity contribution in [2.45, 2.75) is 44.1 Å². The molecule has 0 aromatic heterocycles. The zero-order valence-electron chi connectivity index (χ0n) is 11.0. The minimum atomic E-state index is -0.576. The summed E-state index contributed by atoms with van der Waals surface area (Å²) in [7, 11) is 0. The zero-order chi connectivity index (χ0) is 13.3. The molecule has 19 heavy (non-hydrogen) atoms. The molecule has 0 radical (unpaired) electrons. The van der Waals surface area contributed by atoms with Crippen molar-refractivity contribution in [3.8, 4) is 6.07 Å². The summed E-state index contributed by atoms with van der Waals surface area (Å²) in [6, 6.07) is 9.06. The minimum Gasteiger partial charge on any atom is -0.365 e. The van der Waals surface area contributed by atoms with Gasteiger partial charge in [0.1, 0.15) is 11.4 Å². The second-order valence-corrected chi connectivity index (χ2v) is 5.99. The van der Waals surface area contributed by atoms with Crippen molar-refractivity contribution in [2.75, 3.05) is 5.32 Å². The van der Waals surface area contributed by atoms with E-state index in [0.29, 0.717) is 11.6 Å². The van der Waals surface area contributed by atoms with Crippen molar-refractivity contribution in [3.63, 3.8) is 0 Å². The first kappa shape index (κ1) is 12.5. The van der Waals surface area contributed by atoms with Gasteiger partial charge in [0.05, 0.1) is 11.8 Å². The zero-order valence-corrected chi connectivity index (χ0v) is 11.0. The summed E-state index contributed by atoms with van der Waals surface area (Å²) < 4.78 is 13.7. The van der Waals surface area contributed by atoms with Gasteiger partial charge in [0, 0.05) is 0 Å². The maximum atomic E-state index is 13.7. The van der Waals surface area contributed by atoms with Gasteiger partial charge >= 0.3 is 0 Å². The van der Waals surface area contributed by atoms with Gasteiger partial charge in [-0.15, -0.1) is 0 Å². The highest BCUT2D eigenvalue weighted by Crippen LogP contribution is 2.47. The largest absolute Gasteiger partial charge is 0.365 e. The van der Waals surface area contributed by atoms with E-state index in [4.69, 9.17) is 0 Å². The lowest BCUT2D eigenvalue weighted by molar-refractivity contribution is 0.263. The normalized spacial score (nSPS) is 30.6. The smallest absolute Gasteiger partial charge is 0.146 e. The van der Waals surface area contributed by atoms with Crippen molar-refractivity contribution in [1.82, 2.24) is 0 Å². The van der Waals surface area contributed by atoms with Crippen molar-refractivity contribution in [3.05, 3.63) is 30.1 Å². The molecule has 0 saturated heterocycles. The molecule has 1 N–H and O–H groups in total. The Bertz CT molecular complexity index is 504. The second kappa shape index (κ2) is 4.85.